The third kappa shape index (κ3) is 14.6. The summed E-state index contributed by atoms with van der Waals surface area (Å²) in [6.07, 6.45) is 0.328. The zero-order valence-electron chi connectivity index (χ0n) is 21.2. The quantitative estimate of drug-likeness (QED) is 0.387. The van der Waals surface area contributed by atoms with Crippen molar-refractivity contribution < 1.29 is 28.7 Å². The molecular formula is C23H43N3O6. The number of rotatable bonds is 12. The molecule has 3 N–H and O–H groups in total. The highest BCUT2D eigenvalue weighted by atomic mass is 16.6. The number of methoxy groups -OCH3 is 1. The number of nitrogens with one attached hydrogen (secondary N) is 3. The lowest BCUT2D eigenvalue weighted by molar-refractivity contribution is -0.141. The first-order valence-electron chi connectivity index (χ1n) is 11.3. The Morgan fingerprint density at radius 3 is 1.84 bits per heavy atom. The fraction of sp³-hybridized carbons (Fsp3) is 0.826. The van der Waals surface area contributed by atoms with Gasteiger partial charge in [-0.3, -0.25) is 14.4 Å². The first-order chi connectivity index (χ1) is 14.6. The zero-order valence-corrected chi connectivity index (χ0v) is 21.2. The fourth-order valence-electron chi connectivity index (χ4n) is 3.11. The molecule has 0 saturated carbocycles. The van der Waals surface area contributed by atoms with Gasteiger partial charge in [-0.15, -0.1) is 0 Å². The van der Waals surface area contributed by atoms with Crippen molar-refractivity contribution in [3.05, 3.63) is 0 Å². The maximum atomic E-state index is 12.5. The van der Waals surface area contributed by atoms with E-state index in [4.69, 9.17) is 9.47 Å². The van der Waals surface area contributed by atoms with Crippen LogP contribution in [0.3, 0.4) is 0 Å². The summed E-state index contributed by atoms with van der Waals surface area (Å²) in [5.41, 5.74) is -0.628. The average Bonchev–Trinajstić information content (AvgIpc) is 2.57. The number of carbonyl (C=O) groups excluding carboxylic acids is 4. The number of esters is 1. The minimum Gasteiger partial charge on any atom is -0.469 e. The monoisotopic (exact) mass is 457 g/mol. The molecule has 0 heterocycles. The molecule has 186 valence electrons. The van der Waals surface area contributed by atoms with E-state index >= 15 is 0 Å². The van der Waals surface area contributed by atoms with Gasteiger partial charge >= 0.3 is 12.1 Å². The second-order valence-corrected chi connectivity index (χ2v) is 10.0. The van der Waals surface area contributed by atoms with Gasteiger partial charge in [0.1, 0.15) is 5.60 Å². The molecule has 9 heteroatoms. The van der Waals surface area contributed by atoms with Crippen LogP contribution in [-0.2, 0) is 23.9 Å². The summed E-state index contributed by atoms with van der Waals surface area (Å²) >= 11 is 0. The molecule has 0 aliphatic rings. The van der Waals surface area contributed by atoms with Crippen molar-refractivity contribution in [3.63, 3.8) is 0 Å². The van der Waals surface area contributed by atoms with Crippen LogP contribution in [-0.4, -0.2) is 54.7 Å². The van der Waals surface area contributed by atoms with Gasteiger partial charge < -0.3 is 25.4 Å². The Morgan fingerprint density at radius 2 is 1.38 bits per heavy atom. The first-order valence-corrected chi connectivity index (χ1v) is 11.3. The molecule has 0 bridgehead atoms. The number of hydrogen-bond acceptors (Lipinski definition) is 6. The predicted molar refractivity (Wildman–Crippen MR) is 123 cm³/mol. The van der Waals surface area contributed by atoms with Crippen molar-refractivity contribution in [1.29, 1.82) is 0 Å². The Bertz CT molecular complexity index is 628. The first kappa shape index (κ1) is 29.7. The number of carbonyl (C=O) groups is 4. The average molecular weight is 458 g/mol. The van der Waals surface area contributed by atoms with Gasteiger partial charge in [-0.25, -0.2) is 4.79 Å². The molecule has 3 amide bonds. The standard InChI is InChI=1S/C23H43N3O6/c1-14(2)10-17(12-21(29)31-9)25-19(27)11-16(5)24-20(28)13-18(15(3)4)26-22(30)32-23(6,7)8/h14-18H,10-13H2,1-9H3,(H,24,28)(H,25,27)(H,26,30)/t16-,17-,18+/m0/s1. The lowest BCUT2D eigenvalue weighted by Crippen LogP contribution is -2.46. The summed E-state index contributed by atoms with van der Waals surface area (Å²) in [7, 11) is 1.32. The molecule has 0 aromatic rings. The summed E-state index contributed by atoms with van der Waals surface area (Å²) in [5.74, 6) is -0.586. The van der Waals surface area contributed by atoms with Crippen LogP contribution in [0, 0.1) is 11.8 Å². The van der Waals surface area contributed by atoms with Gasteiger partial charge in [-0.1, -0.05) is 27.7 Å². The molecule has 0 rings (SSSR count). The van der Waals surface area contributed by atoms with Gasteiger partial charge in [0.15, 0.2) is 0 Å². The molecule has 0 radical (unpaired) electrons. The number of alkyl carbamates (subject to hydrolysis) is 1. The van der Waals surface area contributed by atoms with Gasteiger partial charge in [-0.2, -0.15) is 0 Å². The van der Waals surface area contributed by atoms with E-state index in [1.807, 2.05) is 27.7 Å². The lowest BCUT2D eigenvalue weighted by atomic mass is 10.00. The van der Waals surface area contributed by atoms with E-state index in [9.17, 15) is 19.2 Å². The molecule has 0 aromatic heterocycles. The molecular weight excluding hydrogens is 414 g/mol. The highest BCUT2D eigenvalue weighted by Gasteiger charge is 2.25. The normalized spacial score (nSPS) is 14.3. The maximum absolute atomic E-state index is 12.5. The van der Waals surface area contributed by atoms with Crippen LogP contribution < -0.4 is 16.0 Å². The molecule has 0 aliphatic carbocycles. The molecule has 9 nitrogen and oxygen atoms in total. The Kier molecular flexibility index (Phi) is 12.9. The Morgan fingerprint density at radius 1 is 0.812 bits per heavy atom. The van der Waals surface area contributed by atoms with Crippen LogP contribution in [0.4, 0.5) is 4.79 Å². The molecule has 0 aliphatic heterocycles. The summed E-state index contributed by atoms with van der Waals surface area (Å²) in [4.78, 5) is 48.5. The molecule has 32 heavy (non-hydrogen) atoms. The fourth-order valence-corrected chi connectivity index (χ4v) is 3.11. The number of amides is 3. The molecule has 0 unspecified atom stereocenters. The summed E-state index contributed by atoms with van der Waals surface area (Å²) < 4.78 is 9.97. The van der Waals surface area contributed by atoms with E-state index in [0.29, 0.717) is 12.3 Å². The lowest BCUT2D eigenvalue weighted by Gasteiger charge is -2.26. The second-order valence-electron chi connectivity index (χ2n) is 10.0. The highest BCUT2D eigenvalue weighted by molar-refractivity contribution is 5.81. The predicted octanol–water partition coefficient (Wildman–Crippen LogP) is 2.91. The van der Waals surface area contributed by atoms with Crippen molar-refractivity contribution >= 4 is 23.9 Å². The Balaban J connectivity index is 4.72. The van der Waals surface area contributed by atoms with Gasteiger partial charge in [0, 0.05) is 31.0 Å². The largest absolute Gasteiger partial charge is 0.469 e. The number of hydrogen-bond donors (Lipinski definition) is 3. The van der Waals surface area contributed by atoms with E-state index in [1.54, 1.807) is 27.7 Å². The minimum absolute atomic E-state index is 0.0157. The SMILES string of the molecule is COC(=O)C[C@H](CC(C)C)NC(=O)C[C@H](C)NC(=O)C[C@@H](NC(=O)OC(C)(C)C)C(C)C. The zero-order chi connectivity index (χ0) is 25.1. The molecule has 0 aromatic carbocycles. The van der Waals surface area contributed by atoms with Crippen molar-refractivity contribution in [2.24, 2.45) is 11.8 Å². The molecule has 0 fully saturated rings. The van der Waals surface area contributed by atoms with Gasteiger partial charge in [0.2, 0.25) is 11.8 Å². The van der Waals surface area contributed by atoms with Crippen LogP contribution in [0.25, 0.3) is 0 Å². The summed E-state index contributed by atoms with van der Waals surface area (Å²) in [6, 6.07) is -1.13. The van der Waals surface area contributed by atoms with E-state index in [0.717, 1.165) is 0 Å². The van der Waals surface area contributed by atoms with E-state index < -0.39 is 23.8 Å². The van der Waals surface area contributed by atoms with Crippen molar-refractivity contribution in [3.8, 4) is 0 Å². The van der Waals surface area contributed by atoms with Crippen LogP contribution in [0.5, 0.6) is 0 Å². The summed E-state index contributed by atoms with van der Waals surface area (Å²) in [5, 5.41) is 8.40. The highest BCUT2D eigenvalue weighted by Crippen LogP contribution is 2.12. The Labute approximate surface area is 192 Å². The van der Waals surface area contributed by atoms with E-state index in [2.05, 4.69) is 16.0 Å². The maximum Gasteiger partial charge on any atom is 0.407 e. The minimum atomic E-state index is -0.628. The molecule has 3 atom stereocenters. The smallest absolute Gasteiger partial charge is 0.407 e. The van der Waals surface area contributed by atoms with Gasteiger partial charge in [0.05, 0.1) is 13.5 Å². The Hall–Kier alpha value is -2.32. The topological polar surface area (TPSA) is 123 Å². The van der Waals surface area contributed by atoms with Crippen LogP contribution >= 0.6 is 0 Å². The van der Waals surface area contributed by atoms with Crippen molar-refractivity contribution in [1.82, 2.24) is 16.0 Å². The molecule has 0 saturated heterocycles. The van der Waals surface area contributed by atoms with Crippen LogP contribution in [0.1, 0.15) is 81.1 Å². The third-order valence-corrected chi connectivity index (χ3v) is 4.57. The van der Waals surface area contributed by atoms with Crippen LogP contribution in [0.2, 0.25) is 0 Å². The third-order valence-electron chi connectivity index (χ3n) is 4.57. The van der Waals surface area contributed by atoms with Crippen molar-refractivity contribution in [2.75, 3.05) is 7.11 Å². The second kappa shape index (κ2) is 14.0. The van der Waals surface area contributed by atoms with E-state index in [-0.39, 0.29) is 49.0 Å². The van der Waals surface area contributed by atoms with Gasteiger partial charge in [-0.05, 0) is 46.0 Å². The summed E-state index contributed by atoms with van der Waals surface area (Å²) in [6.45, 7) is 14.9. The molecule has 0 spiro atoms. The van der Waals surface area contributed by atoms with Crippen molar-refractivity contribution in [2.45, 2.75) is 105 Å². The number of ether oxygens (including phenoxy) is 2. The van der Waals surface area contributed by atoms with Crippen LogP contribution in [0.15, 0.2) is 0 Å². The van der Waals surface area contributed by atoms with E-state index in [1.165, 1.54) is 7.11 Å². The van der Waals surface area contributed by atoms with Gasteiger partial charge in [0.25, 0.3) is 0 Å².